The van der Waals surface area contributed by atoms with Crippen molar-refractivity contribution in [2.45, 2.75) is 19.9 Å². The molecule has 0 fully saturated rings. The van der Waals surface area contributed by atoms with Crippen molar-refractivity contribution in [2.75, 3.05) is 0 Å². The van der Waals surface area contributed by atoms with Crippen molar-refractivity contribution < 1.29 is 9.21 Å². The van der Waals surface area contributed by atoms with E-state index in [9.17, 15) is 4.79 Å². The van der Waals surface area contributed by atoms with Crippen LogP contribution in [0.4, 0.5) is 0 Å². The van der Waals surface area contributed by atoms with Crippen molar-refractivity contribution in [1.29, 1.82) is 0 Å². The van der Waals surface area contributed by atoms with Crippen molar-refractivity contribution >= 4 is 5.91 Å². The van der Waals surface area contributed by atoms with Gasteiger partial charge < -0.3 is 14.3 Å². The Kier molecular flexibility index (Phi) is 4.02. The van der Waals surface area contributed by atoms with E-state index < -0.39 is 0 Å². The van der Waals surface area contributed by atoms with Gasteiger partial charge in [0.25, 0.3) is 5.91 Å². The van der Waals surface area contributed by atoms with E-state index in [0.29, 0.717) is 11.3 Å². The SMILES string of the molecule is Cc1cc(C(=O)NC(c2ccccc2)c2nccn2C)c(C)o1. The van der Waals surface area contributed by atoms with E-state index in [1.807, 2.05) is 55.1 Å². The van der Waals surface area contributed by atoms with E-state index in [1.54, 1.807) is 19.2 Å². The third-order valence-electron chi connectivity index (χ3n) is 3.81. The third-order valence-corrected chi connectivity index (χ3v) is 3.81. The summed E-state index contributed by atoms with van der Waals surface area (Å²) in [4.78, 5) is 17.1. The van der Waals surface area contributed by atoms with Crippen LogP contribution in [-0.2, 0) is 7.05 Å². The van der Waals surface area contributed by atoms with Crippen LogP contribution in [0.15, 0.2) is 53.2 Å². The topological polar surface area (TPSA) is 60.1 Å². The number of nitrogens with zero attached hydrogens (tertiary/aromatic N) is 2. The van der Waals surface area contributed by atoms with Gasteiger partial charge >= 0.3 is 0 Å². The van der Waals surface area contributed by atoms with E-state index >= 15 is 0 Å². The molecule has 1 unspecified atom stereocenters. The van der Waals surface area contributed by atoms with Crippen LogP contribution < -0.4 is 5.32 Å². The molecule has 0 aliphatic rings. The monoisotopic (exact) mass is 309 g/mol. The van der Waals surface area contributed by atoms with Crippen LogP contribution in [0.2, 0.25) is 0 Å². The molecule has 1 atom stereocenters. The van der Waals surface area contributed by atoms with Gasteiger partial charge in [-0.2, -0.15) is 0 Å². The second kappa shape index (κ2) is 6.12. The number of imidazole rings is 1. The second-order valence-electron chi connectivity index (χ2n) is 5.54. The zero-order valence-electron chi connectivity index (χ0n) is 13.4. The zero-order chi connectivity index (χ0) is 16.4. The number of amides is 1. The van der Waals surface area contributed by atoms with Gasteiger partial charge in [-0.05, 0) is 25.5 Å². The fraction of sp³-hybridized carbons (Fsp3) is 0.222. The molecular formula is C18H19N3O2. The maximum atomic E-state index is 12.7. The van der Waals surface area contributed by atoms with Gasteiger partial charge in [-0.1, -0.05) is 30.3 Å². The molecule has 0 aliphatic heterocycles. The maximum absolute atomic E-state index is 12.7. The normalized spacial score (nSPS) is 12.1. The number of rotatable bonds is 4. The standard InChI is InChI=1S/C18H19N3O2/c1-12-11-15(13(2)23-12)18(22)20-16(14-7-5-4-6-8-14)17-19-9-10-21(17)3/h4-11,16H,1-3H3,(H,20,22). The number of benzene rings is 1. The lowest BCUT2D eigenvalue weighted by molar-refractivity contribution is 0.0939. The number of hydrogen-bond donors (Lipinski definition) is 1. The van der Waals surface area contributed by atoms with Gasteiger partial charge in [0.05, 0.1) is 5.56 Å². The number of nitrogens with one attached hydrogen (secondary N) is 1. The molecule has 0 radical (unpaired) electrons. The molecular weight excluding hydrogens is 290 g/mol. The fourth-order valence-corrected chi connectivity index (χ4v) is 2.66. The molecule has 5 heteroatoms. The summed E-state index contributed by atoms with van der Waals surface area (Å²) < 4.78 is 7.36. The summed E-state index contributed by atoms with van der Waals surface area (Å²) in [5.41, 5.74) is 1.53. The Hall–Kier alpha value is -2.82. The number of aromatic nitrogens is 2. The highest BCUT2D eigenvalue weighted by Crippen LogP contribution is 2.22. The van der Waals surface area contributed by atoms with Gasteiger partial charge in [-0.25, -0.2) is 4.98 Å². The first-order valence-electron chi connectivity index (χ1n) is 7.46. The van der Waals surface area contributed by atoms with Crippen LogP contribution in [0.3, 0.4) is 0 Å². The number of furan rings is 1. The van der Waals surface area contributed by atoms with Crippen LogP contribution in [0.5, 0.6) is 0 Å². The van der Waals surface area contributed by atoms with Crippen molar-refractivity contribution in [3.05, 3.63) is 77.3 Å². The Bertz CT molecular complexity index is 818. The first-order valence-corrected chi connectivity index (χ1v) is 7.46. The Labute approximate surface area is 135 Å². The third kappa shape index (κ3) is 3.04. The molecule has 3 rings (SSSR count). The summed E-state index contributed by atoms with van der Waals surface area (Å²) in [7, 11) is 1.91. The summed E-state index contributed by atoms with van der Waals surface area (Å²) in [6, 6.07) is 11.2. The molecule has 0 bridgehead atoms. The first kappa shape index (κ1) is 15.1. The number of carbonyl (C=O) groups is 1. The first-order chi connectivity index (χ1) is 11.1. The molecule has 1 N–H and O–H groups in total. The van der Waals surface area contributed by atoms with Crippen molar-refractivity contribution in [3.8, 4) is 0 Å². The average Bonchev–Trinajstić information content (AvgIpc) is 3.11. The van der Waals surface area contributed by atoms with Gasteiger partial charge in [0.15, 0.2) is 0 Å². The second-order valence-corrected chi connectivity index (χ2v) is 5.54. The minimum absolute atomic E-state index is 0.170. The van der Waals surface area contributed by atoms with E-state index in [1.165, 1.54) is 0 Å². The largest absolute Gasteiger partial charge is 0.466 e. The summed E-state index contributed by atoms with van der Waals surface area (Å²) >= 11 is 0. The van der Waals surface area contributed by atoms with Crippen LogP contribution in [0.1, 0.15) is 39.3 Å². The Morgan fingerprint density at radius 2 is 2.00 bits per heavy atom. The molecule has 0 spiro atoms. The fourth-order valence-electron chi connectivity index (χ4n) is 2.66. The highest BCUT2D eigenvalue weighted by molar-refractivity contribution is 5.95. The summed E-state index contributed by atoms with van der Waals surface area (Å²) in [6.07, 6.45) is 3.59. The lowest BCUT2D eigenvalue weighted by Crippen LogP contribution is -2.31. The maximum Gasteiger partial charge on any atom is 0.255 e. The van der Waals surface area contributed by atoms with Gasteiger partial charge in [0, 0.05) is 19.4 Å². The quantitative estimate of drug-likeness (QED) is 0.805. The number of hydrogen-bond acceptors (Lipinski definition) is 3. The molecule has 3 aromatic rings. The molecule has 1 amide bonds. The van der Waals surface area contributed by atoms with Crippen LogP contribution >= 0.6 is 0 Å². The van der Waals surface area contributed by atoms with Crippen LogP contribution in [0.25, 0.3) is 0 Å². The molecule has 2 heterocycles. The van der Waals surface area contributed by atoms with E-state index in [-0.39, 0.29) is 11.9 Å². The van der Waals surface area contributed by atoms with Crippen LogP contribution in [0, 0.1) is 13.8 Å². The zero-order valence-corrected chi connectivity index (χ0v) is 13.4. The van der Waals surface area contributed by atoms with Crippen molar-refractivity contribution in [2.24, 2.45) is 7.05 Å². The Morgan fingerprint density at radius 1 is 1.26 bits per heavy atom. The van der Waals surface area contributed by atoms with E-state index in [2.05, 4.69) is 10.3 Å². The van der Waals surface area contributed by atoms with Crippen molar-refractivity contribution in [3.63, 3.8) is 0 Å². The van der Waals surface area contributed by atoms with Crippen LogP contribution in [-0.4, -0.2) is 15.5 Å². The van der Waals surface area contributed by atoms with Crippen molar-refractivity contribution in [1.82, 2.24) is 14.9 Å². The molecule has 23 heavy (non-hydrogen) atoms. The molecule has 5 nitrogen and oxygen atoms in total. The van der Waals surface area contributed by atoms with E-state index in [4.69, 9.17) is 4.42 Å². The highest BCUT2D eigenvalue weighted by Gasteiger charge is 2.23. The predicted molar refractivity (Wildman–Crippen MR) is 87.1 cm³/mol. The van der Waals surface area contributed by atoms with Gasteiger partial charge in [-0.3, -0.25) is 4.79 Å². The summed E-state index contributed by atoms with van der Waals surface area (Å²) in [5.74, 6) is 1.95. The lowest BCUT2D eigenvalue weighted by atomic mass is 10.1. The minimum atomic E-state index is -0.321. The van der Waals surface area contributed by atoms with Gasteiger partial charge in [0.1, 0.15) is 23.4 Å². The molecule has 2 aromatic heterocycles. The Morgan fingerprint density at radius 3 is 2.57 bits per heavy atom. The highest BCUT2D eigenvalue weighted by atomic mass is 16.3. The van der Waals surface area contributed by atoms with Gasteiger partial charge in [0.2, 0.25) is 0 Å². The molecule has 0 saturated heterocycles. The molecule has 0 aliphatic carbocycles. The molecule has 0 saturated carbocycles. The summed E-state index contributed by atoms with van der Waals surface area (Å²) in [6.45, 7) is 3.62. The predicted octanol–water partition coefficient (Wildman–Crippen LogP) is 3.15. The molecule has 1 aromatic carbocycles. The molecule has 118 valence electrons. The minimum Gasteiger partial charge on any atom is -0.466 e. The number of carbonyl (C=O) groups excluding carboxylic acids is 1. The lowest BCUT2D eigenvalue weighted by Gasteiger charge is -2.19. The number of aryl methyl sites for hydroxylation is 3. The van der Waals surface area contributed by atoms with Gasteiger partial charge in [-0.15, -0.1) is 0 Å². The summed E-state index contributed by atoms with van der Waals surface area (Å²) in [5, 5.41) is 3.06. The van der Waals surface area contributed by atoms with E-state index in [0.717, 1.165) is 17.1 Å². The Balaban J connectivity index is 1.95. The smallest absolute Gasteiger partial charge is 0.255 e. The average molecular weight is 309 g/mol.